The van der Waals surface area contributed by atoms with Gasteiger partial charge < -0.3 is 0 Å². The van der Waals surface area contributed by atoms with Gasteiger partial charge in [-0.05, 0) is 19.8 Å². The molecule has 0 aliphatic carbocycles. The summed E-state index contributed by atoms with van der Waals surface area (Å²) >= 11 is 0. The molecular weight excluding hydrogens is 162 g/mol. The second-order valence-electron chi connectivity index (χ2n) is 3.69. The molecule has 13 heavy (non-hydrogen) atoms. The van der Waals surface area contributed by atoms with Crippen LogP contribution >= 0.6 is 0 Å². The molecule has 0 aliphatic rings. The van der Waals surface area contributed by atoms with Crippen molar-refractivity contribution in [2.75, 3.05) is 0 Å². The van der Waals surface area contributed by atoms with Gasteiger partial charge in [0.2, 0.25) is 0 Å². The quantitative estimate of drug-likeness (QED) is 0.715. The molecule has 0 fully saturated rings. The first-order chi connectivity index (χ1) is 6.19. The smallest absolute Gasteiger partial charge is 0.0855 e. The standard InChI is InChI=1S/C10H19N3/c1-5-8(3)10-7-13(12-11-10)9(4)6-2/h7-9H,5-6H2,1-4H3. The van der Waals surface area contributed by atoms with Crippen LogP contribution in [-0.4, -0.2) is 15.0 Å². The summed E-state index contributed by atoms with van der Waals surface area (Å²) in [6, 6.07) is 0.463. The van der Waals surface area contributed by atoms with E-state index in [4.69, 9.17) is 0 Å². The van der Waals surface area contributed by atoms with Gasteiger partial charge in [-0.25, -0.2) is 4.68 Å². The molecule has 0 N–H and O–H groups in total. The molecule has 3 heteroatoms. The van der Waals surface area contributed by atoms with Crippen molar-refractivity contribution in [1.82, 2.24) is 15.0 Å². The Kier molecular flexibility index (Phi) is 3.46. The zero-order valence-electron chi connectivity index (χ0n) is 8.99. The van der Waals surface area contributed by atoms with Gasteiger partial charge in [-0.2, -0.15) is 0 Å². The first-order valence-electron chi connectivity index (χ1n) is 5.10. The van der Waals surface area contributed by atoms with Crippen molar-refractivity contribution < 1.29 is 0 Å². The summed E-state index contributed by atoms with van der Waals surface area (Å²) in [6.45, 7) is 8.68. The first kappa shape index (κ1) is 10.2. The van der Waals surface area contributed by atoms with Crippen LogP contribution in [0.1, 0.15) is 58.2 Å². The highest BCUT2D eigenvalue weighted by atomic mass is 15.4. The first-order valence-corrected chi connectivity index (χ1v) is 5.10. The van der Waals surface area contributed by atoms with Gasteiger partial charge in [0.05, 0.1) is 11.7 Å². The molecule has 74 valence electrons. The minimum atomic E-state index is 0.463. The normalized spacial score (nSPS) is 15.7. The minimum absolute atomic E-state index is 0.463. The Labute approximate surface area is 80.1 Å². The number of rotatable bonds is 4. The maximum absolute atomic E-state index is 4.17. The van der Waals surface area contributed by atoms with Crippen LogP contribution in [0.4, 0.5) is 0 Å². The van der Waals surface area contributed by atoms with Crippen LogP contribution in [0.5, 0.6) is 0 Å². The Hall–Kier alpha value is -0.860. The van der Waals surface area contributed by atoms with Gasteiger partial charge in [0.15, 0.2) is 0 Å². The predicted octanol–water partition coefficient (Wildman–Crippen LogP) is 2.76. The maximum atomic E-state index is 4.17. The van der Waals surface area contributed by atoms with Crippen molar-refractivity contribution in [2.45, 2.75) is 52.5 Å². The zero-order valence-corrected chi connectivity index (χ0v) is 8.99. The van der Waals surface area contributed by atoms with E-state index >= 15 is 0 Å². The Morgan fingerprint density at radius 3 is 2.54 bits per heavy atom. The Morgan fingerprint density at radius 2 is 2.00 bits per heavy atom. The molecule has 0 saturated heterocycles. The van der Waals surface area contributed by atoms with Crippen molar-refractivity contribution in [3.63, 3.8) is 0 Å². The van der Waals surface area contributed by atoms with E-state index in [1.165, 1.54) is 0 Å². The van der Waals surface area contributed by atoms with E-state index in [9.17, 15) is 0 Å². The second kappa shape index (κ2) is 4.40. The molecule has 1 aromatic rings. The summed E-state index contributed by atoms with van der Waals surface area (Å²) in [7, 11) is 0. The molecule has 2 atom stereocenters. The van der Waals surface area contributed by atoms with E-state index in [1.807, 2.05) is 4.68 Å². The molecular formula is C10H19N3. The highest BCUT2D eigenvalue weighted by Gasteiger charge is 2.09. The fraction of sp³-hybridized carbons (Fsp3) is 0.800. The van der Waals surface area contributed by atoms with Crippen LogP contribution in [0.25, 0.3) is 0 Å². The largest absolute Gasteiger partial charge is 0.250 e. The van der Waals surface area contributed by atoms with Crippen molar-refractivity contribution in [1.29, 1.82) is 0 Å². The molecule has 0 radical (unpaired) electrons. The van der Waals surface area contributed by atoms with Crippen molar-refractivity contribution in [3.05, 3.63) is 11.9 Å². The lowest BCUT2D eigenvalue weighted by molar-refractivity contribution is 0.464. The fourth-order valence-electron chi connectivity index (χ4n) is 1.13. The Balaban J connectivity index is 2.74. The summed E-state index contributed by atoms with van der Waals surface area (Å²) < 4.78 is 1.96. The average molecular weight is 181 g/mol. The summed E-state index contributed by atoms with van der Waals surface area (Å²) in [4.78, 5) is 0. The minimum Gasteiger partial charge on any atom is -0.250 e. The molecule has 1 aromatic heterocycles. The van der Waals surface area contributed by atoms with Gasteiger partial charge in [0.25, 0.3) is 0 Å². The second-order valence-corrected chi connectivity index (χ2v) is 3.69. The van der Waals surface area contributed by atoms with Gasteiger partial charge in [0, 0.05) is 12.1 Å². The summed E-state index contributed by atoms with van der Waals surface area (Å²) in [6.07, 6.45) is 4.30. The Bertz CT molecular complexity index is 230. The van der Waals surface area contributed by atoms with Crippen LogP contribution in [-0.2, 0) is 0 Å². The van der Waals surface area contributed by atoms with E-state index in [0.717, 1.165) is 18.5 Å². The van der Waals surface area contributed by atoms with Gasteiger partial charge in [0.1, 0.15) is 0 Å². The molecule has 0 saturated carbocycles. The number of hydrogen-bond acceptors (Lipinski definition) is 2. The van der Waals surface area contributed by atoms with Gasteiger partial charge >= 0.3 is 0 Å². The van der Waals surface area contributed by atoms with E-state index in [0.29, 0.717) is 12.0 Å². The van der Waals surface area contributed by atoms with Crippen LogP contribution < -0.4 is 0 Å². The molecule has 0 aliphatic heterocycles. The maximum Gasteiger partial charge on any atom is 0.0855 e. The topological polar surface area (TPSA) is 30.7 Å². The molecule has 0 amide bonds. The van der Waals surface area contributed by atoms with Gasteiger partial charge in [-0.15, -0.1) is 5.10 Å². The molecule has 3 nitrogen and oxygen atoms in total. The molecule has 0 aromatic carbocycles. The Morgan fingerprint density at radius 1 is 1.31 bits per heavy atom. The number of nitrogens with zero attached hydrogens (tertiary/aromatic N) is 3. The van der Waals surface area contributed by atoms with Crippen LogP contribution in [0.15, 0.2) is 6.20 Å². The van der Waals surface area contributed by atoms with E-state index in [-0.39, 0.29) is 0 Å². The summed E-state index contributed by atoms with van der Waals surface area (Å²) in [5, 5.41) is 8.29. The predicted molar refractivity (Wildman–Crippen MR) is 53.7 cm³/mol. The van der Waals surface area contributed by atoms with Crippen molar-refractivity contribution in [3.8, 4) is 0 Å². The third-order valence-corrected chi connectivity index (χ3v) is 2.69. The zero-order chi connectivity index (χ0) is 9.84. The highest BCUT2D eigenvalue weighted by molar-refractivity contribution is 5.00. The fourth-order valence-corrected chi connectivity index (χ4v) is 1.13. The van der Waals surface area contributed by atoms with Crippen molar-refractivity contribution in [2.24, 2.45) is 0 Å². The van der Waals surface area contributed by atoms with Gasteiger partial charge in [-0.1, -0.05) is 26.0 Å². The van der Waals surface area contributed by atoms with Gasteiger partial charge in [-0.3, -0.25) is 0 Å². The molecule has 0 spiro atoms. The lowest BCUT2D eigenvalue weighted by Crippen LogP contribution is -2.04. The molecule has 2 unspecified atom stereocenters. The van der Waals surface area contributed by atoms with E-state index in [2.05, 4.69) is 44.2 Å². The molecule has 0 bridgehead atoms. The van der Waals surface area contributed by atoms with E-state index < -0.39 is 0 Å². The average Bonchev–Trinajstić information content (AvgIpc) is 2.64. The van der Waals surface area contributed by atoms with Crippen LogP contribution in [0.3, 0.4) is 0 Å². The van der Waals surface area contributed by atoms with Crippen molar-refractivity contribution >= 4 is 0 Å². The molecule has 1 rings (SSSR count). The monoisotopic (exact) mass is 181 g/mol. The number of aromatic nitrogens is 3. The van der Waals surface area contributed by atoms with E-state index in [1.54, 1.807) is 0 Å². The lowest BCUT2D eigenvalue weighted by Gasteiger charge is -2.06. The summed E-state index contributed by atoms with van der Waals surface area (Å²) in [5.41, 5.74) is 1.11. The lowest BCUT2D eigenvalue weighted by atomic mass is 10.1. The third kappa shape index (κ3) is 2.29. The third-order valence-electron chi connectivity index (χ3n) is 2.69. The van der Waals surface area contributed by atoms with Crippen LogP contribution in [0.2, 0.25) is 0 Å². The molecule has 1 heterocycles. The summed E-state index contributed by atoms with van der Waals surface area (Å²) in [5.74, 6) is 0.526. The SMILES string of the molecule is CCC(C)c1cn(C(C)CC)nn1. The number of hydrogen-bond donors (Lipinski definition) is 0. The highest BCUT2D eigenvalue weighted by Crippen LogP contribution is 2.17. The van der Waals surface area contributed by atoms with Crippen LogP contribution in [0, 0.1) is 0 Å².